The lowest BCUT2D eigenvalue weighted by Gasteiger charge is -2.54. The van der Waals surface area contributed by atoms with Gasteiger partial charge in [-0.1, -0.05) is 18.2 Å². The van der Waals surface area contributed by atoms with Crippen LogP contribution in [-0.4, -0.2) is 6.54 Å². The number of rotatable bonds is 4. The molecule has 25 heavy (non-hydrogen) atoms. The molecule has 0 saturated heterocycles. The van der Waals surface area contributed by atoms with Crippen molar-refractivity contribution in [3.63, 3.8) is 0 Å². The van der Waals surface area contributed by atoms with Gasteiger partial charge < -0.3 is 5.32 Å². The fourth-order valence-corrected chi connectivity index (χ4v) is 6.66. The van der Waals surface area contributed by atoms with E-state index < -0.39 is 6.17 Å². The van der Waals surface area contributed by atoms with Gasteiger partial charge in [0.25, 0.3) is 0 Å². The molecule has 138 valence electrons. The van der Waals surface area contributed by atoms with E-state index in [4.69, 9.17) is 0 Å². The summed E-state index contributed by atoms with van der Waals surface area (Å²) >= 11 is 0. The Morgan fingerprint density at radius 3 is 2.44 bits per heavy atom. The number of hydrogen-bond acceptors (Lipinski definition) is 1. The number of aryl methyl sites for hydroxylation is 1. The first-order valence-corrected chi connectivity index (χ1v) is 10.2. The maximum Gasteiger partial charge on any atom is 0.125 e. The van der Waals surface area contributed by atoms with Gasteiger partial charge in [-0.25, -0.2) is 4.39 Å². The summed E-state index contributed by atoms with van der Waals surface area (Å²) in [5.41, 5.74) is 3.47. The summed E-state index contributed by atoms with van der Waals surface area (Å²) in [4.78, 5) is 0. The number of benzene rings is 1. The predicted octanol–water partition coefficient (Wildman–Crippen LogP) is 5.62. The van der Waals surface area contributed by atoms with Crippen LogP contribution in [0.1, 0.15) is 67.8 Å². The van der Waals surface area contributed by atoms with Gasteiger partial charge in [0.2, 0.25) is 0 Å². The fraction of sp³-hybridized carbons (Fsp3) is 0.727. The van der Waals surface area contributed by atoms with Crippen LogP contribution in [0.25, 0.3) is 0 Å². The quantitative estimate of drug-likeness (QED) is 0.732. The Morgan fingerprint density at radius 2 is 1.72 bits per heavy atom. The van der Waals surface area contributed by atoms with Crippen molar-refractivity contribution >= 4 is 12.4 Å². The van der Waals surface area contributed by atoms with Crippen molar-refractivity contribution in [3.05, 3.63) is 34.9 Å². The van der Waals surface area contributed by atoms with Gasteiger partial charge in [0.05, 0.1) is 0 Å². The van der Waals surface area contributed by atoms with E-state index in [0.717, 1.165) is 54.5 Å². The van der Waals surface area contributed by atoms with E-state index >= 15 is 0 Å². The fourth-order valence-electron chi connectivity index (χ4n) is 6.66. The van der Waals surface area contributed by atoms with Crippen LogP contribution >= 0.6 is 12.4 Å². The molecule has 0 aliphatic heterocycles. The molecule has 1 atom stereocenters. The lowest BCUT2D eigenvalue weighted by atomic mass is 9.52. The highest BCUT2D eigenvalue weighted by Crippen LogP contribution is 2.56. The molecule has 1 nitrogen and oxygen atoms in total. The zero-order chi connectivity index (χ0) is 16.1. The number of halogens is 2. The van der Waals surface area contributed by atoms with Crippen molar-refractivity contribution in [2.24, 2.45) is 29.6 Å². The maximum atomic E-state index is 14.1. The van der Waals surface area contributed by atoms with Gasteiger partial charge >= 0.3 is 0 Å². The van der Waals surface area contributed by atoms with Crippen molar-refractivity contribution in [3.8, 4) is 0 Å². The van der Waals surface area contributed by atoms with E-state index in [1.807, 2.05) is 0 Å². The first-order valence-electron chi connectivity index (χ1n) is 10.2. The second-order valence-electron chi connectivity index (χ2n) is 9.12. The lowest BCUT2D eigenvalue weighted by Crippen LogP contribution is -2.48. The standard InChI is InChI=1S/C22H30FN.ClH/c23-22-3-1-2-17-5-4-14(11-20(17)22)12-24-13-21-18-7-15-6-16(9-18)10-19(21)8-15;/h4-5,11,15-16,18-19,21-22,24H,1-3,6-10,12-13H2;1H. The third-order valence-electron chi connectivity index (χ3n) is 7.58. The minimum Gasteiger partial charge on any atom is -0.312 e. The van der Waals surface area contributed by atoms with E-state index in [9.17, 15) is 4.39 Å². The molecular formula is C22H31ClFN. The van der Waals surface area contributed by atoms with E-state index in [-0.39, 0.29) is 12.4 Å². The Hall–Kier alpha value is -0.600. The maximum absolute atomic E-state index is 14.1. The van der Waals surface area contributed by atoms with Gasteiger partial charge in [-0.05, 0) is 104 Å². The molecule has 4 fully saturated rings. The predicted molar refractivity (Wildman–Crippen MR) is 103 cm³/mol. The van der Waals surface area contributed by atoms with Crippen LogP contribution in [0.4, 0.5) is 4.39 Å². The van der Waals surface area contributed by atoms with Crippen molar-refractivity contribution in [1.29, 1.82) is 0 Å². The molecule has 0 radical (unpaired) electrons. The molecule has 5 aliphatic carbocycles. The van der Waals surface area contributed by atoms with Crippen LogP contribution in [0.2, 0.25) is 0 Å². The molecule has 6 rings (SSSR count). The highest BCUT2D eigenvalue weighted by molar-refractivity contribution is 5.85. The van der Waals surface area contributed by atoms with E-state index in [1.54, 1.807) is 0 Å². The number of hydrogen-bond donors (Lipinski definition) is 1. The van der Waals surface area contributed by atoms with Crippen molar-refractivity contribution < 1.29 is 4.39 Å². The summed E-state index contributed by atoms with van der Waals surface area (Å²) < 4.78 is 14.1. The topological polar surface area (TPSA) is 12.0 Å². The second-order valence-corrected chi connectivity index (χ2v) is 9.12. The molecule has 5 aliphatic rings. The van der Waals surface area contributed by atoms with E-state index in [2.05, 4.69) is 23.5 Å². The van der Waals surface area contributed by atoms with Gasteiger partial charge in [-0.2, -0.15) is 0 Å². The molecule has 0 heterocycles. The van der Waals surface area contributed by atoms with Crippen LogP contribution < -0.4 is 5.32 Å². The molecule has 0 spiro atoms. The smallest absolute Gasteiger partial charge is 0.125 e. The van der Waals surface area contributed by atoms with Crippen LogP contribution in [0, 0.1) is 29.6 Å². The largest absolute Gasteiger partial charge is 0.312 e. The number of nitrogens with one attached hydrogen (secondary N) is 1. The summed E-state index contributed by atoms with van der Waals surface area (Å²) in [5.74, 6) is 5.01. The average molecular weight is 364 g/mol. The third kappa shape index (κ3) is 3.37. The summed E-state index contributed by atoms with van der Waals surface area (Å²) in [7, 11) is 0. The second kappa shape index (κ2) is 7.19. The molecule has 0 aromatic heterocycles. The number of fused-ring (bicyclic) bond motifs is 1. The molecule has 1 unspecified atom stereocenters. The van der Waals surface area contributed by atoms with Gasteiger partial charge in [0.15, 0.2) is 0 Å². The molecule has 1 N–H and O–H groups in total. The minimum absolute atomic E-state index is 0. The Labute approximate surface area is 157 Å². The SMILES string of the molecule is Cl.FC1CCCc2ccc(CNCC3C4CC5CC(C4)CC3C5)cc21. The van der Waals surface area contributed by atoms with E-state index in [1.165, 1.54) is 49.8 Å². The van der Waals surface area contributed by atoms with Gasteiger partial charge in [-0.3, -0.25) is 0 Å². The Bertz CT molecular complexity index is 588. The first kappa shape index (κ1) is 17.8. The van der Waals surface area contributed by atoms with Crippen LogP contribution in [0.3, 0.4) is 0 Å². The zero-order valence-corrected chi connectivity index (χ0v) is 15.9. The Kier molecular flexibility index (Phi) is 5.12. The number of alkyl halides is 1. The molecule has 4 saturated carbocycles. The van der Waals surface area contributed by atoms with E-state index in [0.29, 0.717) is 6.42 Å². The Morgan fingerprint density at radius 1 is 1.00 bits per heavy atom. The summed E-state index contributed by atoms with van der Waals surface area (Å²) in [6.07, 6.45) is 9.56. The zero-order valence-electron chi connectivity index (χ0n) is 15.1. The molecule has 0 amide bonds. The molecule has 1 aromatic rings. The molecular weight excluding hydrogens is 333 g/mol. The lowest BCUT2D eigenvalue weighted by molar-refractivity contribution is -0.0355. The molecule has 3 heteroatoms. The van der Waals surface area contributed by atoms with Gasteiger partial charge in [0.1, 0.15) is 6.17 Å². The normalized spacial score (nSPS) is 38.3. The van der Waals surface area contributed by atoms with Crippen molar-refractivity contribution in [2.75, 3.05) is 6.54 Å². The van der Waals surface area contributed by atoms with Gasteiger partial charge in [-0.15, -0.1) is 12.4 Å². The van der Waals surface area contributed by atoms with Crippen molar-refractivity contribution in [2.45, 2.75) is 64.1 Å². The monoisotopic (exact) mass is 363 g/mol. The first-order chi connectivity index (χ1) is 11.8. The summed E-state index contributed by atoms with van der Waals surface area (Å²) in [6.45, 7) is 2.08. The summed E-state index contributed by atoms with van der Waals surface area (Å²) in [5, 5.41) is 3.73. The Balaban J connectivity index is 0.00000157. The molecule has 4 bridgehead atoms. The van der Waals surface area contributed by atoms with Crippen LogP contribution in [0.15, 0.2) is 18.2 Å². The van der Waals surface area contributed by atoms with Crippen LogP contribution in [0.5, 0.6) is 0 Å². The minimum atomic E-state index is -0.738. The average Bonchev–Trinajstić information content (AvgIpc) is 2.57. The van der Waals surface area contributed by atoms with Crippen molar-refractivity contribution in [1.82, 2.24) is 5.32 Å². The summed E-state index contributed by atoms with van der Waals surface area (Å²) in [6, 6.07) is 6.50. The molecule has 1 aromatic carbocycles. The van der Waals surface area contributed by atoms with Gasteiger partial charge in [0, 0.05) is 6.54 Å². The highest BCUT2D eigenvalue weighted by atomic mass is 35.5. The third-order valence-corrected chi connectivity index (χ3v) is 7.58. The highest BCUT2D eigenvalue weighted by Gasteiger charge is 2.47. The van der Waals surface area contributed by atoms with Crippen LogP contribution in [-0.2, 0) is 13.0 Å².